The molecule has 2 rings (SSSR count). The predicted molar refractivity (Wildman–Crippen MR) is 91.3 cm³/mol. The van der Waals surface area contributed by atoms with E-state index in [-0.39, 0.29) is 5.54 Å². The molecule has 0 atom stereocenters. The van der Waals surface area contributed by atoms with E-state index in [1.165, 1.54) is 10.5 Å². The highest BCUT2D eigenvalue weighted by atomic mass is 32.2. The van der Waals surface area contributed by atoms with Gasteiger partial charge in [-0.1, -0.05) is 12.1 Å². The van der Waals surface area contributed by atoms with Crippen molar-refractivity contribution in [3.8, 4) is 11.5 Å². The summed E-state index contributed by atoms with van der Waals surface area (Å²) >= 11 is 1.73. The van der Waals surface area contributed by atoms with Gasteiger partial charge in [0, 0.05) is 17.0 Å². The van der Waals surface area contributed by atoms with Crippen molar-refractivity contribution in [3.63, 3.8) is 0 Å². The Morgan fingerprint density at radius 3 is 1.90 bits per heavy atom. The molecule has 0 spiro atoms. The van der Waals surface area contributed by atoms with Gasteiger partial charge in [0.05, 0.1) is 0 Å². The summed E-state index contributed by atoms with van der Waals surface area (Å²) in [5, 5.41) is 3.48. The van der Waals surface area contributed by atoms with Gasteiger partial charge in [0.2, 0.25) is 0 Å². The molecule has 2 nitrogen and oxygen atoms in total. The van der Waals surface area contributed by atoms with Gasteiger partial charge in [-0.25, -0.2) is 0 Å². The average Bonchev–Trinajstić information content (AvgIpc) is 2.46. The highest BCUT2D eigenvalue weighted by Crippen LogP contribution is 2.24. The van der Waals surface area contributed by atoms with Crippen molar-refractivity contribution in [1.29, 1.82) is 0 Å². The molecular formula is C18H23NOS. The molecule has 3 heteroatoms. The van der Waals surface area contributed by atoms with Crippen LogP contribution < -0.4 is 10.1 Å². The molecule has 0 aliphatic carbocycles. The minimum atomic E-state index is 0.133. The van der Waals surface area contributed by atoms with Crippen LogP contribution in [0.5, 0.6) is 11.5 Å². The van der Waals surface area contributed by atoms with Crippen LogP contribution in [0.3, 0.4) is 0 Å². The molecule has 0 heterocycles. The van der Waals surface area contributed by atoms with E-state index in [4.69, 9.17) is 4.74 Å². The maximum atomic E-state index is 5.85. The monoisotopic (exact) mass is 301 g/mol. The minimum absolute atomic E-state index is 0.133. The molecule has 0 amide bonds. The summed E-state index contributed by atoms with van der Waals surface area (Å²) in [5.41, 5.74) is 1.39. The minimum Gasteiger partial charge on any atom is -0.457 e. The molecule has 0 aliphatic heterocycles. The van der Waals surface area contributed by atoms with Gasteiger partial charge in [0.1, 0.15) is 11.5 Å². The molecule has 2 aromatic carbocycles. The predicted octanol–water partition coefficient (Wildman–Crippen LogP) is 5.09. The largest absolute Gasteiger partial charge is 0.457 e. The summed E-state index contributed by atoms with van der Waals surface area (Å²) < 4.78 is 5.85. The maximum Gasteiger partial charge on any atom is 0.127 e. The molecule has 0 aromatic heterocycles. The van der Waals surface area contributed by atoms with Crippen LogP contribution in [-0.2, 0) is 6.54 Å². The topological polar surface area (TPSA) is 21.3 Å². The van der Waals surface area contributed by atoms with E-state index in [1.54, 1.807) is 11.8 Å². The first kappa shape index (κ1) is 15.9. The summed E-state index contributed by atoms with van der Waals surface area (Å²) in [6, 6.07) is 16.4. The lowest BCUT2D eigenvalue weighted by Crippen LogP contribution is -2.34. The molecule has 0 aliphatic rings. The smallest absolute Gasteiger partial charge is 0.127 e. The molecule has 1 N–H and O–H groups in total. The molecule has 0 bridgehead atoms. The van der Waals surface area contributed by atoms with Crippen LogP contribution in [0.4, 0.5) is 0 Å². The first-order chi connectivity index (χ1) is 9.96. The molecular weight excluding hydrogens is 278 g/mol. The van der Waals surface area contributed by atoms with Gasteiger partial charge in [0.15, 0.2) is 0 Å². The second kappa shape index (κ2) is 7.01. The zero-order valence-electron chi connectivity index (χ0n) is 13.1. The van der Waals surface area contributed by atoms with Crippen LogP contribution in [0.1, 0.15) is 26.3 Å². The Balaban J connectivity index is 1.95. The number of hydrogen-bond donors (Lipinski definition) is 1. The fourth-order valence-corrected chi connectivity index (χ4v) is 2.23. The Bertz CT molecular complexity index is 555. The van der Waals surface area contributed by atoms with Crippen LogP contribution in [0.2, 0.25) is 0 Å². The first-order valence-electron chi connectivity index (χ1n) is 7.12. The van der Waals surface area contributed by atoms with Crippen LogP contribution >= 0.6 is 11.8 Å². The molecule has 21 heavy (non-hydrogen) atoms. The van der Waals surface area contributed by atoms with Crippen molar-refractivity contribution in [3.05, 3.63) is 54.1 Å². The Kier molecular flexibility index (Phi) is 5.32. The van der Waals surface area contributed by atoms with Crippen molar-refractivity contribution < 1.29 is 4.74 Å². The van der Waals surface area contributed by atoms with E-state index >= 15 is 0 Å². The van der Waals surface area contributed by atoms with Gasteiger partial charge in [-0.05, 0) is 69.0 Å². The summed E-state index contributed by atoms with van der Waals surface area (Å²) in [6.45, 7) is 7.38. The highest BCUT2D eigenvalue weighted by molar-refractivity contribution is 7.98. The molecule has 0 fully saturated rings. The van der Waals surface area contributed by atoms with Crippen molar-refractivity contribution in [1.82, 2.24) is 5.32 Å². The van der Waals surface area contributed by atoms with E-state index in [2.05, 4.69) is 56.6 Å². The van der Waals surface area contributed by atoms with E-state index in [0.29, 0.717) is 0 Å². The van der Waals surface area contributed by atoms with Crippen LogP contribution in [0.25, 0.3) is 0 Å². The van der Waals surface area contributed by atoms with Crippen molar-refractivity contribution >= 4 is 11.8 Å². The third kappa shape index (κ3) is 5.44. The van der Waals surface area contributed by atoms with Crippen LogP contribution in [0.15, 0.2) is 53.4 Å². The van der Waals surface area contributed by atoms with Crippen LogP contribution in [0, 0.1) is 0 Å². The number of benzene rings is 2. The van der Waals surface area contributed by atoms with Gasteiger partial charge in [-0.3, -0.25) is 0 Å². The quantitative estimate of drug-likeness (QED) is 0.777. The van der Waals surface area contributed by atoms with Crippen molar-refractivity contribution in [2.24, 2.45) is 0 Å². The molecule has 0 unspecified atom stereocenters. The van der Waals surface area contributed by atoms with Gasteiger partial charge in [0.25, 0.3) is 0 Å². The lowest BCUT2D eigenvalue weighted by atomic mass is 10.1. The molecule has 0 saturated heterocycles. The molecule has 0 saturated carbocycles. The summed E-state index contributed by atoms with van der Waals surface area (Å²) in [7, 11) is 0. The first-order valence-corrected chi connectivity index (χ1v) is 8.35. The Morgan fingerprint density at radius 2 is 1.43 bits per heavy atom. The zero-order valence-corrected chi connectivity index (χ0v) is 14.0. The lowest BCUT2D eigenvalue weighted by Gasteiger charge is -2.20. The van der Waals surface area contributed by atoms with Crippen LogP contribution in [-0.4, -0.2) is 11.8 Å². The summed E-state index contributed by atoms with van der Waals surface area (Å²) in [4.78, 5) is 1.24. The van der Waals surface area contributed by atoms with Crippen molar-refractivity contribution in [2.45, 2.75) is 37.8 Å². The van der Waals surface area contributed by atoms with E-state index in [1.807, 2.05) is 24.3 Å². The normalized spacial score (nSPS) is 11.4. The zero-order chi connectivity index (χ0) is 15.3. The number of rotatable bonds is 5. The summed E-state index contributed by atoms with van der Waals surface area (Å²) in [5.74, 6) is 1.74. The Labute approximate surface area is 131 Å². The summed E-state index contributed by atoms with van der Waals surface area (Å²) in [6.07, 6.45) is 2.07. The third-order valence-electron chi connectivity index (χ3n) is 3.04. The Morgan fingerprint density at radius 1 is 0.905 bits per heavy atom. The standard InChI is InChI=1S/C18H23NOS/c1-18(2,3)19-13-14-5-7-15(8-6-14)20-16-9-11-17(21-4)12-10-16/h5-12,19H,13H2,1-4H3. The maximum absolute atomic E-state index is 5.85. The lowest BCUT2D eigenvalue weighted by molar-refractivity contribution is 0.424. The number of nitrogens with one attached hydrogen (secondary N) is 1. The molecule has 0 radical (unpaired) electrons. The van der Waals surface area contributed by atoms with E-state index < -0.39 is 0 Å². The average molecular weight is 301 g/mol. The third-order valence-corrected chi connectivity index (χ3v) is 3.78. The second-order valence-corrected chi connectivity index (χ2v) is 6.90. The van der Waals surface area contributed by atoms with Gasteiger partial charge < -0.3 is 10.1 Å². The SMILES string of the molecule is CSc1ccc(Oc2ccc(CNC(C)(C)C)cc2)cc1. The second-order valence-electron chi connectivity index (χ2n) is 6.03. The molecule has 112 valence electrons. The highest BCUT2D eigenvalue weighted by Gasteiger charge is 2.08. The fraction of sp³-hybridized carbons (Fsp3) is 0.333. The van der Waals surface area contributed by atoms with Gasteiger partial charge in [-0.2, -0.15) is 0 Å². The molecule has 2 aromatic rings. The number of hydrogen-bond acceptors (Lipinski definition) is 3. The van der Waals surface area contributed by atoms with E-state index in [0.717, 1.165) is 18.0 Å². The van der Waals surface area contributed by atoms with Gasteiger partial charge >= 0.3 is 0 Å². The van der Waals surface area contributed by atoms with Gasteiger partial charge in [-0.15, -0.1) is 11.8 Å². The number of ether oxygens (including phenoxy) is 1. The fourth-order valence-electron chi connectivity index (χ4n) is 1.82. The van der Waals surface area contributed by atoms with Crippen molar-refractivity contribution in [2.75, 3.05) is 6.26 Å². The Hall–Kier alpha value is -1.45. The van der Waals surface area contributed by atoms with E-state index in [9.17, 15) is 0 Å². The number of thioether (sulfide) groups is 1.